The predicted molar refractivity (Wildman–Crippen MR) is 133 cm³/mol. The molecule has 2 aromatic rings. The Morgan fingerprint density at radius 1 is 1.17 bits per heavy atom. The van der Waals surface area contributed by atoms with Gasteiger partial charge in [0.2, 0.25) is 0 Å². The van der Waals surface area contributed by atoms with Crippen LogP contribution in [0.15, 0.2) is 71.2 Å². The van der Waals surface area contributed by atoms with Crippen molar-refractivity contribution in [1.29, 1.82) is 0 Å². The molecule has 0 radical (unpaired) electrons. The summed E-state index contributed by atoms with van der Waals surface area (Å²) in [7, 11) is 0. The summed E-state index contributed by atoms with van der Waals surface area (Å²) in [5.74, 6) is -1.31. The van der Waals surface area contributed by atoms with E-state index in [1.54, 1.807) is 48.2 Å². The van der Waals surface area contributed by atoms with Crippen LogP contribution in [0.1, 0.15) is 45.1 Å². The van der Waals surface area contributed by atoms with Crippen molar-refractivity contribution in [1.82, 2.24) is 0 Å². The largest absolute Gasteiger partial charge is 0.463 e. The van der Waals surface area contributed by atoms with E-state index in [9.17, 15) is 19.7 Å². The van der Waals surface area contributed by atoms with E-state index in [1.165, 1.54) is 12.1 Å². The number of hydrogen-bond donors (Lipinski definition) is 1. The Morgan fingerprint density at radius 2 is 1.80 bits per heavy atom. The molecule has 0 saturated carbocycles. The SMILES string of the molecule is CCOC(=O)C1=C(N)N(c2ccc([N+](=O)[O-])cc2)C2=C(C(=O)CC(C)(C)C2)[C@@H]1c1ccc(Cl)cc1. The molecule has 9 heteroatoms. The number of nitrogens with two attached hydrogens (primary N) is 1. The van der Waals surface area contributed by atoms with E-state index >= 15 is 0 Å². The van der Waals surface area contributed by atoms with Gasteiger partial charge in [-0.05, 0) is 48.6 Å². The summed E-state index contributed by atoms with van der Waals surface area (Å²) >= 11 is 6.11. The molecule has 0 spiro atoms. The van der Waals surface area contributed by atoms with Gasteiger partial charge in [0.15, 0.2) is 5.78 Å². The quantitative estimate of drug-likeness (QED) is 0.343. The fourth-order valence-corrected chi connectivity index (χ4v) is 4.95. The average molecular weight is 496 g/mol. The van der Waals surface area contributed by atoms with Crippen LogP contribution in [0.2, 0.25) is 5.02 Å². The molecule has 1 aliphatic carbocycles. The highest BCUT2D eigenvalue weighted by Crippen LogP contribution is 2.50. The van der Waals surface area contributed by atoms with E-state index in [4.69, 9.17) is 22.1 Å². The van der Waals surface area contributed by atoms with Crippen molar-refractivity contribution >= 4 is 34.7 Å². The minimum atomic E-state index is -0.723. The first kappa shape index (κ1) is 24.5. The zero-order valence-corrected chi connectivity index (χ0v) is 20.5. The van der Waals surface area contributed by atoms with Gasteiger partial charge in [0.05, 0.1) is 23.0 Å². The summed E-state index contributed by atoms with van der Waals surface area (Å²) in [4.78, 5) is 39.2. The number of Topliss-reactive ketones (excluding diaryl/α,β-unsaturated/α-hetero) is 1. The summed E-state index contributed by atoms with van der Waals surface area (Å²) in [6.45, 7) is 5.83. The van der Waals surface area contributed by atoms with E-state index in [0.29, 0.717) is 40.4 Å². The second-order valence-electron chi connectivity index (χ2n) is 9.41. The molecule has 2 aromatic carbocycles. The first-order valence-corrected chi connectivity index (χ1v) is 11.6. The number of nitrogens with zero attached hydrogens (tertiary/aromatic N) is 2. The highest BCUT2D eigenvalue weighted by Gasteiger charge is 2.46. The van der Waals surface area contributed by atoms with Gasteiger partial charge in [-0.2, -0.15) is 0 Å². The monoisotopic (exact) mass is 495 g/mol. The van der Waals surface area contributed by atoms with Crippen LogP contribution in [0.5, 0.6) is 0 Å². The molecule has 8 nitrogen and oxygen atoms in total. The molecule has 0 fully saturated rings. The Labute approximate surface area is 208 Å². The molecule has 0 amide bonds. The van der Waals surface area contributed by atoms with Gasteiger partial charge in [-0.1, -0.05) is 37.6 Å². The Kier molecular flexibility index (Phi) is 6.42. The standard InChI is InChI=1S/C26H26ClN3O5/c1-4-35-25(32)23-21(15-5-7-16(27)8-6-15)22-19(13-26(2,3)14-20(22)31)29(24(23)28)17-9-11-18(12-10-17)30(33)34/h5-12,21H,4,13-14,28H2,1-3H3/t21-/m0/s1. The minimum Gasteiger partial charge on any atom is -0.463 e. The second kappa shape index (κ2) is 9.19. The maximum Gasteiger partial charge on any atom is 0.338 e. The fraction of sp³-hybridized carbons (Fsp3) is 0.308. The third-order valence-corrected chi connectivity index (χ3v) is 6.53. The summed E-state index contributed by atoms with van der Waals surface area (Å²) in [5.41, 5.74) is 8.77. The van der Waals surface area contributed by atoms with Crippen molar-refractivity contribution < 1.29 is 19.2 Å². The molecular formula is C26H26ClN3O5. The number of anilines is 1. The number of ketones is 1. The summed E-state index contributed by atoms with van der Waals surface area (Å²) < 4.78 is 5.37. The molecule has 35 heavy (non-hydrogen) atoms. The maximum absolute atomic E-state index is 13.6. The van der Waals surface area contributed by atoms with Gasteiger partial charge >= 0.3 is 5.97 Å². The zero-order chi connectivity index (χ0) is 25.5. The number of halogens is 1. The van der Waals surface area contributed by atoms with Gasteiger partial charge in [-0.25, -0.2) is 4.79 Å². The number of ether oxygens (including phenoxy) is 1. The maximum atomic E-state index is 13.6. The summed E-state index contributed by atoms with van der Waals surface area (Å²) in [6, 6.07) is 12.8. The second-order valence-corrected chi connectivity index (χ2v) is 9.85. The number of non-ortho nitro benzene ring substituents is 1. The molecule has 4 rings (SSSR count). The highest BCUT2D eigenvalue weighted by atomic mass is 35.5. The Balaban J connectivity index is 2.00. The minimum absolute atomic E-state index is 0.0766. The van der Waals surface area contributed by atoms with Crippen molar-refractivity contribution in [3.8, 4) is 0 Å². The van der Waals surface area contributed by atoms with Crippen LogP contribution in [0, 0.1) is 15.5 Å². The Hall–Kier alpha value is -3.65. The van der Waals surface area contributed by atoms with Crippen LogP contribution in [-0.2, 0) is 14.3 Å². The average Bonchev–Trinajstić information content (AvgIpc) is 2.78. The molecule has 2 aliphatic rings. The molecule has 0 unspecified atom stereocenters. The van der Waals surface area contributed by atoms with Crippen molar-refractivity contribution in [2.24, 2.45) is 11.1 Å². The van der Waals surface area contributed by atoms with E-state index in [2.05, 4.69) is 0 Å². The van der Waals surface area contributed by atoms with E-state index in [1.807, 2.05) is 13.8 Å². The first-order chi connectivity index (χ1) is 16.5. The van der Waals surface area contributed by atoms with Crippen LogP contribution in [0.4, 0.5) is 11.4 Å². The Bertz CT molecular complexity index is 1260. The van der Waals surface area contributed by atoms with Crippen LogP contribution in [0.3, 0.4) is 0 Å². The van der Waals surface area contributed by atoms with E-state index < -0.39 is 16.8 Å². The van der Waals surface area contributed by atoms with E-state index in [0.717, 1.165) is 0 Å². The van der Waals surface area contributed by atoms with Crippen molar-refractivity contribution in [2.45, 2.75) is 39.5 Å². The number of esters is 1. The lowest BCUT2D eigenvalue weighted by Crippen LogP contribution is -2.43. The number of nitro benzene ring substituents is 1. The summed E-state index contributed by atoms with van der Waals surface area (Å²) in [5, 5.41) is 11.7. The number of carbonyl (C=O) groups is 2. The lowest BCUT2D eigenvalue weighted by Gasteiger charge is -2.44. The molecule has 1 aliphatic heterocycles. The molecule has 0 saturated heterocycles. The van der Waals surface area contributed by atoms with Crippen LogP contribution in [-0.4, -0.2) is 23.3 Å². The van der Waals surface area contributed by atoms with Crippen molar-refractivity contribution in [3.05, 3.63) is 91.9 Å². The summed E-state index contributed by atoms with van der Waals surface area (Å²) in [6.07, 6.45) is 0.825. The van der Waals surface area contributed by atoms with Gasteiger partial charge in [0.25, 0.3) is 5.69 Å². The number of allylic oxidation sites excluding steroid dienone is 2. The molecule has 0 aromatic heterocycles. The number of rotatable bonds is 5. The molecule has 0 bridgehead atoms. The molecular weight excluding hydrogens is 470 g/mol. The lowest BCUT2D eigenvalue weighted by molar-refractivity contribution is -0.384. The lowest BCUT2D eigenvalue weighted by atomic mass is 9.68. The van der Waals surface area contributed by atoms with Crippen molar-refractivity contribution in [3.63, 3.8) is 0 Å². The van der Waals surface area contributed by atoms with E-state index in [-0.39, 0.29) is 34.9 Å². The van der Waals surface area contributed by atoms with Gasteiger partial charge in [0, 0.05) is 40.5 Å². The third kappa shape index (κ3) is 4.53. The number of carbonyl (C=O) groups excluding carboxylic acids is 2. The normalized spacial score (nSPS) is 19.5. The molecule has 182 valence electrons. The van der Waals surface area contributed by atoms with Gasteiger partial charge in [-0.3, -0.25) is 19.8 Å². The molecule has 1 atom stereocenters. The molecule has 2 N–H and O–H groups in total. The Morgan fingerprint density at radius 3 is 2.37 bits per heavy atom. The third-order valence-electron chi connectivity index (χ3n) is 6.28. The number of nitro groups is 1. The zero-order valence-electron chi connectivity index (χ0n) is 19.7. The van der Waals surface area contributed by atoms with Crippen LogP contribution in [0.25, 0.3) is 0 Å². The number of hydrogen-bond acceptors (Lipinski definition) is 7. The predicted octanol–water partition coefficient (Wildman–Crippen LogP) is 5.23. The van der Waals surface area contributed by atoms with Gasteiger partial charge in [-0.15, -0.1) is 0 Å². The van der Waals surface area contributed by atoms with Gasteiger partial charge < -0.3 is 10.5 Å². The van der Waals surface area contributed by atoms with Gasteiger partial charge in [0.1, 0.15) is 5.82 Å². The first-order valence-electron chi connectivity index (χ1n) is 11.3. The number of benzene rings is 2. The molecule has 1 heterocycles. The van der Waals surface area contributed by atoms with Crippen LogP contribution >= 0.6 is 11.6 Å². The fourth-order valence-electron chi connectivity index (χ4n) is 4.83. The topological polar surface area (TPSA) is 116 Å². The highest BCUT2D eigenvalue weighted by molar-refractivity contribution is 6.30. The van der Waals surface area contributed by atoms with Crippen LogP contribution < -0.4 is 10.6 Å². The smallest absolute Gasteiger partial charge is 0.338 e. The van der Waals surface area contributed by atoms with Crippen molar-refractivity contribution in [2.75, 3.05) is 11.5 Å².